The molecule has 1 aromatic heterocycles. The van der Waals surface area contributed by atoms with Gasteiger partial charge in [0.1, 0.15) is 14.8 Å². The van der Waals surface area contributed by atoms with Crippen LogP contribution in [0.1, 0.15) is 30.8 Å². The molecule has 1 unspecified atom stereocenters. The molecule has 0 fully saturated rings. The van der Waals surface area contributed by atoms with Crippen LogP contribution in [0.5, 0.6) is 0 Å². The number of rotatable bonds is 7. The van der Waals surface area contributed by atoms with Gasteiger partial charge in [0.2, 0.25) is 0 Å². The summed E-state index contributed by atoms with van der Waals surface area (Å²) in [6, 6.07) is 0.250. The zero-order chi connectivity index (χ0) is 12.0. The van der Waals surface area contributed by atoms with Crippen molar-refractivity contribution in [3.63, 3.8) is 0 Å². The Morgan fingerprint density at radius 2 is 2.31 bits per heavy atom. The first kappa shape index (κ1) is 13.6. The third-order valence-corrected chi connectivity index (χ3v) is 4.16. The fourth-order valence-corrected chi connectivity index (χ4v) is 2.89. The third kappa shape index (κ3) is 5.05. The molecule has 92 valence electrons. The molecule has 0 aromatic carbocycles. The van der Waals surface area contributed by atoms with E-state index >= 15 is 0 Å². The lowest BCUT2D eigenvalue weighted by molar-refractivity contribution is 0.514. The van der Waals surface area contributed by atoms with Crippen molar-refractivity contribution in [2.75, 3.05) is 18.6 Å². The van der Waals surface area contributed by atoms with E-state index in [-0.39, 0.29) is 11.8 Å². The van der Waals surface area contributed by atoms with Crippen LogP contribution >= 0.6 is 11.3 Å². The fraction of sp³-hybridized carbons (Fsp3) is 0.700. The Balaban J connectivity index is 2.31. The summed E-state index contributed by atoms with van der Waals surface area (Å²) in [5.74, 6) is 0.244. The van der Waals surface area contributed by atoms with E-state index in [0.29, 0.717) is 13.0 Å². The lowest BCUT2D eigenvalue weighted by Crippen LogP contribution is -2.23. The highest BCUT2D eigenvalue weighted by molar-refractivity contribution is 7.90. The van der Waals surface area contributed by atoms with Gasteiger partial charge in [-0.1, -0.05) is 6.92 Å². The zero-order valence-electron chi connectivity index (χ0n) is 9.64. The second kappa shape index (κ2) is 6.32. The summed E-state index contributed by atoms with van der Waals surface area (Å²) in [5, 5.41) is 6.35. The molecule has 0 aliphatic rings. The predicted molar refractivity (Wildman–Crippen MR) is 67.5 cm³/mol. The second-order valence-corrected chi connectivity index (χ2v) is 6.95. The van der Waals surface area contributed by atoms with E-state index in [1.54, 1.807) is 17.5 Å². The molecule has 0 bridgehead atoms. The van der Waals surface area contributed by atoms with Crippen LogP contribution in [0.3, 0.4) is 0 Å². The smallest absolute Gasteiger partial charge is 0.147 e. The van der Waals surface area contributed by atoms with Crippen LogP contribution in [-0.4, -0.2) is 32.0 Å². The average Bonchev–Trinajstić information content (AvgIpc) is 2.69. The van der Waals surface area contributed by atoms with Gasteiger partial charge in [-0.3, -0.25) is 0 Å². The topological polar surface area (TPSA) is 59.1 Å². The van der Waals surface area contributed by atoms with Gasteiger partial charge < -0.3 is 5.32 Å². The van der Waals surface area contributed by atoms with Crippen molar-refractivity contribution in [2.24, 2.45) is 0 Å². The average molecular weight is 262 g/mol. The van der Waals surface area contributed by atoms with Gasteiger partial charge >= 0.3 is 0 Å². The van der Waals surface area contributed by atoms with Gasteiger partial charge in [-0.2, -0.15) is 0 Å². The minimum Gasteiger partial charge on any atom is -0.308 e. The summed E-state index contributed by atoms with van der Waals surface area (Å²) in [4.78, 5) is 4.25. The van der Waals surface area contributed by atoms with E-state index in [2.05, 4.69) is 17.2 Å². The molecule has 0 amide bonds. The van der Waals surface area contributed by atoms with Crippen molar-refractivity contribution in [1.82, 2.24) is 10.3 Å². The van der Waals surface area contributed by atoms with Crippen LogP contribution in [0.25, 0.3) is 0 Å². The Morgan fingerprint density at radius 1 is 1.56 bits per heavy atom. The molecule has 0 radical (unpaired) electrons. The quantitative estimate of drug-likeness (QED) is 0.759. The van der Waals surface area contributed by atoms with Gasteiger partial charge in [0.05, 0.1) is 11.8 Å². The van der Waals surface area contributed by atoms with Crippen molar-refractivity contribution in [3.05, 3.63) is 16.6 Å². The van der Waals surface area contributed by atoms with Crippen molar-refractivity contribution in [2.45, 2.75) is 25.8 Å². The lowest BCUT2D eigenvalue weighted by Gasteiger charge is -2.13. The highest BCUT2D eigenvalue weighted by atomic mass is 32.2. The normalized spacial score (nSPS) is 13.9. The highest BCUT2D eigenvalue weighted by Crippen LogP contribution is 2.18. The van der Waals surface area contributed by atoms with Crippen LogP contribution in [0.4, 0.5) is 0 Å². The van der Waals surface area contributed by atoms with Gasteiger partial charge in [-0.15, -0.1) is 11.3 Å². The van der Waals surface area contributed by atoms with Gasteiger partial charge in [0, 0.05) is 17.8 Å². The first-order valence-electron chi connectivity index (χ1n) is 5.33. The predicted octanol–water partition coefficient (Wildman–Crippen LogP) is 1.62. The summed E-state index contributed by atoms with van der Waals surface area (Å²) < 4.78 is 21.9. The molecule has 1 N–H and O–H groups in total. The van der Waals surface area contributed by atoms with Crippen molar-refractivity contribution in [3.8, 4) is 0 Å². The molecular weight excluding hydrogens is 244 g/mol. The first-order valence-corrected chi connectivity index (χ1v) is 8.27. The summed E-state index contributed by atoms with van der Waals surface area (Å²) in [7, 11) is -2.84. The Hall–Kier alpha value is -0.460. The van der Waals surface area contributed by atoms with Gasteiger partial charge in [0.25, 0.3) is 0 Å². The van der Waals surface area contributed by atoms with Crippen molar-refractivity contribution in [1.29, 1.82) is 0 Å². The number of nitrogens with one attached hydrogen (secondary N) is 1. The van der Waals surface area contributed by atoms with E-state index < -0.39 is 9.84 Å². The highest BCUT2D eigenvalue weighted by Gasteiger charge is 2.10. The molecule has 0 aliphatic carbocycles. The zero-order valence-corrected chi connectivity index (χ0v) is 11.3. The number of aromatic nitrogens is 1. The molecular formula is C10H18N2O2S2. The molecule has 1 heterocycles. The van der Waals surface area contributed by atoms with Gasteiger partial charge in [-0.25, -0.2) is 13.4 Å². The standard InChI is InChI=1S/C10H18N2O2S2/c1-3-9(10-12-6-7-15-10)11-5-4-8-16(2,13)14/h6-7,9,11H,3-5,8H2,1-2H3. The maximum Gasteiger partial charge on any atom is 0.147 e. The Bertz CT molecular complexity index is 387. The summed E-state index contributed by atoms with van der Waals surface area (Å²) >= 11 is 1.63. The Labute approximate surface area is 101 Å². The molecule has 1 atom stereocenters. The van der Waals surface area contributed by atoms with Crippen molar-refractivity contribution < 1.29 is 8.42 Å². The number of hydrogen-bond donors (Lipinski definition) is 1. The Kier molecular flexibility index (Phi) is 5.37. The number of thiazole rings is 1. The molecule has 4 nitrogen and oxygen atoms in total. The fourth-order valence-electron chi connectivity index (χ4n) is 1.42. The van der Waals surface area contributed by atoms with Crippen LogP contribution in [0.15, 0.2) is 11.6 Å². The van der Waals surface area contributed by atoms with E-state index in [9.17, 15) is 8.42 Å². The lowest BCUT2D eigenvalue weighted by atomic mass is 10.2. The molecule has 0 saturated heterocycles. The summed E-state index contributed by atoms with van der Waals surface area (Å²) in [6.07, 6.45) is 4.68. The molecule has 0 saturated carbocycles. The van der Waals surface area contributed by atoms with E-state index in [0.717, 1.165) is 11.4 Å². The largest absolute Gasteiger partial charge is 0.308 e. The minimum atomic E-state index is -2.84. The van der Waals surface area contributed by atoms with Crippen LogP contribution in [0, 0.1) is 0 Å². The second-order valence-electron chi connectivity index (χ2n) is 3.77. The maximum absolute atomic E-state index is 10.9. The summed E-state index contributed by atoms with van der Waals surface area (Å²) in [6.45, 7) is 2.81. The Morgan fingerprint density at radius 3 is 2.81 bits per heavy atom. The van der Waals surface area contributed by atoms with Crippen LogP contribution in [0.2, 0.25) is 0 Å². The van der Waals surface area contributed by atoms with E-state index in [1.165, 1.54) is 6.26 Å². The molecule has 6 heteroatoms. The number of hydrogen-bond acceptors (Lipinski definition) is 5. The van der Waals surface area contributed by atoms with Crippen molar-refractivity contribution >= 4 is 21.2 Å². The monoisotopic (exact) mass is 262 g/mol. The van der Waals surface area contributed by atoms with Crippen LogP contribution in [-0.2, 0) is 9.84 Å². The molecule has 16 heavy (non-hydrogen) atoms. The van der Waals surface area contributed by atoms with Crippen LogP contribution < -0.4 is 5.32 Å². The molecule has 1 rings (SSSR count). The number of nitrogens with zero attached hydrogens (tertiary/aromatic N) is 1. The SMILES string of the molecule is CCC(NCCCS(C)(=O)=O)c1nccs1. The minimum absolute atomic E-state index is 0.244. The third-order valence-electron chi connectivity index (χ3n) is 2.24. The van der Waals surface area contributed by atoms with Gasteiger partial charge in [0.15, 0.2) is 0 Å². The van der Waals surface area contributed by atoms with E-state index in [1.807, 2.05) is 5.38 Å². The van der Waals surface area contributed by atoms with E-state index in [4.69, 9.17) is 0 Å². The molecule has 0 spiro atoms. The molecule has 1 aromatic rings. The molecule has 0 aliphatic heterocycles. The first-order chi connectivity index (χ1) is 7.53. The van der Waals surface area contributed by atoms with Gasteiger partial charge in [-0.05, 0) is 19.4 Å². The number of sulfone groups is 1. The summed E-state index contributed by atoms with van der Waals surface area (Å²) in [5.41, 5.74) is 0. The maximum atomic E-state index is 10.9.